The zero-order chi connectivity index (χ0) is 14.5. The highest BCUT2D eigenvalue weighted by Gasteiger charge is 2.19. The Morgan fingerprint density at radius 3 is 2.60 bits per heavy atom. The van der Waals surface area contributed by atoms with E-state index in [2.05, 4.69) is 10.2 Å². The van der Waals surface area contributed by atoms with E-state index >= 15 is 0 Å². The lowest BCUT2D eigenvalue weighted by Crippen LogP contribution is -2.44. The van der Waals surface area contributed by atoms with E-state index in [-0.39, 0.29) is 23.8 Å². The van der Waals surface area contributed by atoms with E-state index in [0.717, 1.165) is 31.5 Å². The first-order valence-electron chi connectivity index (χ1n) is 7.07. The van der Waals surface area contributed by atoms with Crippen molar-refractivity contribution in [2.45, 2.75) is 31.8 Å². The van der Waals surface area contributed by atoms with E-state index in [4.69, 9.17) is 5.73 Å². The minimum atomic E-state index is -0.267. The zero-order valence-corrected chi connectivity index (χ0v) is 11.8. The molecule has 0 spiro atoms. The molecule has 0 radical (unpaired) electrons. The molecule has 110 valence electrons. The summed E-state index contributed by atoms with van der Waals surface area (Å²) in [5.41, 5.74) is 6.74. The van der Waals surface area contributed by atoms with Gasteiger partial charge >= 0.3 is 0 Å². The zero-order valence-electron chi connectivity index (χ0n) is 11.8. The summed E-state index contributed by atoms with van der Waals surface area (Å²) >= 11 is 0. The summed E-state index contributed by atoms with van der Waals surface area (Å²) in [7, 11) is 0. The molecule has 1 heterocycles. The van der Waals surface area contributed by atoms with Gasteiger partial charge in [-0.05, 0) is 37.5 Å². The number of carbonyl (C=O) groups excluding carboxylic acids is 1. The molecule has 3 N–H and O–H groups in total. The fourth-order valence-electron chi connectivity index (χ4n) is 2.44. The van der Waals surface area contributed by atoms with Crippen LogP contribution in [-0.2, 0) is 4.79 Å². The molecule has 1 aromatic rings. The van der Waals surface area contributed by atoms with Crippen LogP contribution < -0.4 is 11.1 Å². The first-order chi connectivity index (χ1) is 9.54. The second-order valence-corrected chi connectivity index (χ2v) is 5.45. The molecular formula is C15H22FN3O. The second-order valence-electron chi connectivity index (χ2n) is 5.45. The van der Waals surface area contributed by atoms with Crippen molar-refractivity contribution in [1.82, 2.24) is 10.2 Å². The van der Waals surface area contributed by atoms with E-state index in [1.807, 2.05) is 6.92 Å². The highest BCUT2D eigenvalue weighted by Crippen LogP contribution is 2.13. The van der Waals surface area contributed by atoms with Crippen molar-refractivity contribution in [1.29, 1.82) is 0 Å². The van der Waals surface area contributed by atoms with Crippen molar-refractivity contribution in [2.24, 2.45) is 5.73 Å². The van der Waals surface area contributed by atoms with Crippen LogP contribution >= 0.6 is 0 Å². The van der Waals surface area contributed by atoms with E-state index in [1.165, 1.54) is 12.1 Å². The first kappa shape index (κ1) is 14.9. The molecule has 1 fully saturated rings. The summed E-state index contributed by atoms with van der Waals surface area (Å²) in [5, 5.41) is 2.94. The van der Waals surface area contributed by atoms with E-state index < -0.39 is 0 Å². The van der Waals surface area contributed by atoms with Gasteiger partial charge in [-0.15, -0.1) is 0 Å². The Labute approximate surface area is 119 Å². The number of amides is 1. The molecule has 1 aliphatic heterocycles. The number of halogens is 1. The summed E-state index contributed by atoms with van der Waals surface area (Å²) < 4.78 is 12.8. The second kappa shape index (κ2) is 6.81. The van der Waals surface area contributed by atoms with Gasteiger partial charge in [0.2, 0.25) is 5.91 Å². The lowest BCUT2D eigenvalue weighted by molar-refractivity contribution is -0.123. The van der Waals surface area contributed by atoms with E-state index in [1.54, 1.807) is 12.1 Å². The molecule has 20 heavy (non-hydrogen) atoms. The van der Waals surface area contributed by atoms with Crippen LogP contribution in [-0.4, -0.2) is 36.5 Å². The highest BCUT2D eigenvalue weighted by molar-refractivity contribution is 5.78. The molecule has 0 aromatic heterocycles. The fourth-order valence-corrected chi connectivity index (χ4v) is 2.44. The van der Waals surface area contributed by atoms with E-state index in [9.17, 15) is 9.18 Å². The van der Waals surface area contributed by atoms with Crippen LogP contribution in [0, 0.1) is 5.82 Å². The normalized spacial score (nSPS) is 18.8. The predicted octanol–water partition coefficient (Wildman–Crippen LogP) is 1.43. The van der Waals surface area contributed by atoms with Crippen LogP contribution in [0.3, 0.4) is 0 Å². The maximum Gasteiger partial charge on any atom is 0.234 e. The van der Waals surface area contributed by atoms with Gasteiger partial charge in [-0.2, -0.15) is 0 Å². The molecule has 2 rings (SSSR count). The number of hydrogen-bond donors (Lipinski definition) is 2. The number of carbonyl (C=O) groups is 1. The number of nitrogens with one attached hydrogen (secondary N) is 1. The number of rotatable bonds is 4. The number of piperidine rings is 1. The van der Waals surface area contributed by atoms with Gasteiger partial charge in [0.1, 0.15) is 5.82 Å². The smallest absolute Gasteiger partial charge is 0.234 e. The van der Waals surface area contributed by atoms with Crippen molar-refractivity contribution >= 4 is 5.91 Å². The average Bonchev–Trinajstić information content (AvgIpc) is 2.42. The van der Waals surface area contributed by atoms with Gasteiger partial charge in [0.25, 0.3) is 0 Å². The summed E-state index contributed by atoms with van der Waals surface area (Å²) in [6, 6.07) is 6.36. The average molecular weight is 279 g/mol. The third-order valence-corrected chi connectivity index (χ3v) is 3.75. The lowest BCUT2D eigenvalue weighted by atomic mass is 10.1. The third-order valence-electron chi connectivity index (χ3n) is 3.75. The summed E-state index contributed by atoms with van der Waals surface area (Å²) in [5.74, 6) is -0.269. The molecule has 1 amide bonds. The molecule has 1 aromatic carbocycles. The summed E-state index contributed by atoms with van der Waals surface area (Å²) in [6.45, 7) is 4.05. The molecule has 0 aliphatic carbocycles. The molecule has 0 saturated carbocycles. The molecular weight excluding hydrogens is 257 g/mol. The van der Waals surface area contributed by atoms with Gasteiger partial charge in [0.15, 0.2) is 0 Å². The topological polar surface area (TPSA) is 58.4 Å². The Bertz CT molecular complexity index is 441. The quantitative estimate of drug-likeness (QED) is 0.876. The van der Waals surface area contributed by atoms with Crippen LogP contribution in [0.2, 0.25) is 0 Å². The Balaban J connectivity index is 1.80. The van der Waals surface area contributed by atoms with E-state index in [0.29, 0.717) is 6.54 Å². The standard InChI is InChI=1S/C15H22FN3O/c1-11(12-2-4-13(16)5-3-12)18-15(20)10-19-8-6-14(17)7-9-19/h2-5,11,14H,6-10,17H2,1H3,(H,18,20). The van der Waals surface area contributed by atoms with Crippen molar-refractivity contribution in [3.63, 3.8) is 0 Å². The fraction of sp³-hybridized carbons (Fsp3) is 0.533. The minimum Gasteiger partial charge on any atom is -0.348 e. The van der Waals surface area contributed by atoms with Crippen molar-refractivity contribution in [2.75, 3.05) is 19.6 Å². The molecule has 5 heteroatoms. The maximum absolute atomic E-state index is 12.8. The maximum atomic E-state index is 12.8. The number of nitrogens with zero attached hydrogens (tertiary/aromatic N) is 1. The SMILES string of the molecule is CC(NC(=O)CN1CCC(N)CC1)c1ccc(F)cc1. The first-order valence-corrected chi connectivity index (χ1v) is 7.07. The minimum absolute atomic E-state index is 0.00250. The van der Waals surface area contributed by atoms with Crippen molar-refractivity contribution < 1.29 is 9.18 Å². The Morgan fingerprint density at radius 2 is 2.00 bits per heavy atom. The number of hydrogen-bond acceptors (Lipinski definition) is 3. The molecule has 1 atom stereocenters. The lowest BCUT2D eigenvalue weighted by Gasteiger charge is -2.29. The Kier molecular flexibility index (Phi) is 5.09. The monoisotopic (exact) mass is 279 g/mol. The van der Waals surface area contributed by atoms with Crippen LogP contribution in [0.4, 0.5) is 4.39 Å². The van der Waals surface area contributed by atoms with Gasteiger partial charge in [0, 0.05) is 19.1 Å². The highest BCUT2D eigenvalue weighted by atomic mass is 19.1. The largest absolute Gasteiger partial charge is 0.348 e. The van der Waals surface area contributed by atoms with Gasteiger partial charge in [-0.3, -0.25) is 9.69 Å². The Hall–Kier alpha value is -1.46. The van der Waals surface area contributed by atoms with Crippen LogP contribution in [0.15, 0.2) is 24.3 Å². The van der Waals surface area contributed by atoms with Crippen LogP contribution in [0.1, 0.15) is 31.4 Å². The van der Waals surface area contributed by atoms with Gasteiger partial charge < -0.3 is 11.1 Å². The van der Waals surface area contributed by atoms with Crippen LogP contribution in [0.5, 0.6) is 0 Å². The number of benzene rings is 1. The molecule has 1 unspecified atom stereocenters. The third kappa shape index (κ3) is 4.28. The van der Waals surface area contributed by atoms with Gasteiger partial charge in [-0.1, -0.05) is 12.1 Å². The molecule has 0 bridgehead atoms. The van der Waals surface area contributed by atoms with Crippen molar-refractivity contribution in [3.05, 3.63) is 35.6 Å². The molecule has 4 nitrogen and oxygen atoms in total. The van der Waals surface area contributed by atoms with Gasteiger partial charge in [0.05, 0.1) is 12.6 Å². The van der Waals surface area contributed by atoms with Crippen molar-refractivity contribution in [3.8, 4) is 0 Å². The number of likely N-dealkylation sites (tertiary alicyclic amines) is 1. The summed E-state index contributed by atoms with van der Waals surface area (Å²) in [6.07, 6.45) is 1.89. The summed E-state index contributed by atoms with van der Waals surface area (Å²) in [4.78, 5) is 14.1. The Morgan fingerprint density at radius 1 is 1.40 bits per heavy atom. The van der Waals surface area contributed by atoms with Crippen LogP contribution in [0.25, 0.3) is 0 Å². The molecule has 1 saturated heterocycles. The number of nitrogens with two attached hydrogens (primary N) is 1. The molecule has 1 aliphatic rings. The predicted molar refractivity (Wildman–Crippen MR) is 76.6 cm³/mol. The van der Waals surface area contributed by atoms with Gasteiger partial charge in [-0.25, -0.2) is 4.39 Å².